The molecule has 1 aliphatic carbocycles. The molecule has 1 amide bonds. The van der Waals surface area contributed by atoms with E-state index in [1.54, 1.807) is 12.1 Å². The van der Waals surface area contributed by atoms with Crippen LogP contribution in [0.3, 0.4) is 0 Å². The van der Waals surface area contributed by atoms with Gasteiger partial charge < -0.3 is 10.4 Å². The Balaban J connectivity index is 1.97. The number of benzene rings is 1. The van der Waals surface area contributed by atoms with E-state index in [1.165, 1.54) is 12.1 Å². The summed E-state index contributed by atoms with van der Waals surface area (Å²) in [5.41, 5.74) is 0.818. The molecule has 8 heteroatoms. The minimum absolute atomic E-state index is 0.0378. The fourth-order valence-electron chi connectivity index (χ4n) is 1.59. The maximum Gasteiger partial charge on any atom is 0.320 e. The van der Waals surface area contributed by atoms with E-state index < -0.39 is 21.7 Å². The van der Waals surface area contributed by atoms with E-state index in [1.807, 2.05) is 0 Å². The van der Waals surface area contributed by atoms with Gasteiger partial charge in [0.05, 0.1) is 0 Å². The van der Waals surface area contributed by atoms with Gasteiger partial charge in [-0.05, 0) is 37.1 Å². The zero-order valence-corrected chi connectivity index (χ0v) is 11.3. The topological polar surface area (TPSA) is 113 Å². The number of sulfonamides is 1. The van der Waals surface area contributed by atoms with Gasteiger partial charge in [-0.25, -0.2) is 8.42 Å². The summed E-state index contributed by atoms with van der Waals surface area (Å²) >= 11 is 0. The predicted octanol–water partition coefficient (Wildman–Crippen LogP) is 0.861. The summed E-state index contributed by atoms with van der Waals surface area (Å²) in [5, 5.41) is 11.2. The second-order valence-electron chi connectivity index (χ2n) is 4.60. The van der Waals surface area contributed by atoms with Gasteiger partial charge in [-0.3, -0.25) is 14.3 Å². The van der Waals surface area contributed by atoms with Crippen molar-refractivity contribution in [3.8, 4) is 0 Å². The van der Waals surface area contributed by atoms with E-state index >= 15 is 0 Å². The minimum atomic E-state index is -3.91. The SMILES string of the molecule is O=C(O)CS(=O)(=O)Nc1ccc(NC(=O)C2CC2)cc1. The number of carboxylic acid groups (broad SMARTS) is 1. The molecule has 108 valence electrons. The van der Waals surface area contributed by atoms with Crippen LogP contribution in [0.4, 0.5) is 11.4 Å². The van der Waals surface area contributed by atoms with Crippen LogP contribution in [0.25, 0.3) is 0 Å². The number of anilines is 2. The van der Waals surface area contributed by atoms with Crippen molar-refractivity contribution in [2.24, 2.45) is 5.92 Å². The third kappa shape index (κ3) is 4.23. The van der Waals surface area contributed by atoms with Gasteiger partial charge in [0.15, 0.2) is 5.75 Å². The fraction of sp³-hybridized carbons (Fsp3) is 0.333. The molecular weight excluding hydrogens is 284 g/mol. The zero-order valence-electron chi connectivity index (χ0n) is 10.5. The molecule has 1 fully saturated rings. The van der Waals surface area contributed by atoms with E-state index in [-0.39, 0.29) is 17.5 Å². The van der Waals surface area contributed by atoms with Crippen LogP contribution in [0.2, 0.25) is 0 Å². The molecule has 0 unspecified atom stereocenters. The van der Waals surface area contributed by atoms with Crippen LogP contribution in [0.1, 0.15) is 12.8 Å². The van der Waals surface area contributed by atoms with Gasteiger partial charge >= 0.3 is 5.97 Å². The van der Waals surface area contributed by atoms with Crippen molar-refractivity contribution in [1.29, 1.82) is 0 Å². The number of aliphatic carboxylic acids is 1. The molecule has 1 aliphatic rings. The smallest absolute Gasteiger partial charge is 0.320 e. The highest BCUT2D eigenvalue weighted by atomic mass is 32.2. The largest absolute Gasteiger partial charge is 0.480 e. The van der Waals surface area contributed by atoms with Crippen LogP contribution in [0.15, 0.2) is 24.3 Å². The van der Waals surface area contributed by atoms with Gasteiger partial charge in [-0.1, -0.05) is 0 Å². The van der Waals surface area contributed by atoms with Crippen molar-refractivity contribution in [2.45, 2.75) is 12.8 Å². The summed E-state index contributed by atoms with van der Waals surface area (Å²) in [6.07, 6.45) is 1.80. The number of nitrogens with one attached hydrogen (secondary N) is 2. The lowest BCUT2D eigenvalue weighted by atomic mass is 10.2. The molecule has 20 heavy (non-hydrogen) atoms. The number of amides is 1. The highest BCUT2D eigenvalue weighted by Gasteiger charge is 2.29. The standard InChI is InChI=1S/C12H14N2O5S/c15-11(16)7-20(18,19)14-10-5-3-9(4-6-10)13-12(17)8-1-2-8/h3-6,8,14H,1-2,7H2,(H,13,17)(H,15,16). The molecule has 3 N–H and O–H groups in total. The van der Waals surface area contributed by atoms with E-state index in [0.717, 1.165) is 12.8 Å². The molecule has 2 rings (SSSR count). The Morgan fingerprint density at radius 3 is 2.20 bits per heavy atom. The summed E-state index contributed by atoms with van der Waals surface area (Å²) in [7, 11) is -3.91. The van der Waals surface area contributed by atoms with Crippen molar-refractivity contribution >= 4 is 33.3 Å². The fourth-order valence-corrected chi connectivity index (χ4v) is 2.48. The first kappa shape index (κ1) is 14.3. The maximum atomic E-state index is 11.5. The average molecular weight is 298 g/mol. The summed E-state index contributed by atoms with van der Waals surface area (Å²) in [6, 6.07) is 6.03. The number of carboxylic acids is 1. The van der Waals surface area contributed by atoms with Crippen molar-refractivity contribution in [1.82, 2.24) is 0 Å². The Bertz CT molecular complexity index is 620. The Labute approximate surface area is 116 Å². The second-order valence-corrected chi connectivity index (χ2v) is 6.32. The van der Waals surface area contributed by atoms with E-state index in [4.69, 9.17) is 5.11 Å². The van der Waals surface area contributed by atoms with Crippen LogP contribution >= 0.6 is 0 Å². The van der Waals surface area contributed by atoms with E-state index in [9.17, 15) is 18.0 Å². The molecule has 0 atom stereocenters. The summed E-state index contributed by atoms with van der Waals surface area (Å²) in [5.74, 6) is -2.37. The van der Waals surface area contributed by atoms with Crippen LogP contribution in [-0.2, 0) is 19.6 Å². The number of rotatable bonds is 6. The van der Waals surface area contributed by atoms with Crippen molar-refractivity contribution in [3.63, 3.8) is 0 Å². The second kappa shape index (κ2) is 5.49. The van der Waals surface area contributed by atoms with Crippen LogP contribution in [0, 0.1) is 5.92 Å². The molecule has 0 bridgehead atoms. The monoisotopic (exact) mass is 298 g/mol. The lowest BCUT2D eigenvalue weighted by Gasteiger charge is -2.08. The summed E-state index contributed by atoms with van der Waals surface area (Å²) < 4.78 is 25.0. The Hall–Kier alpha value is -2.09. The Morgan fingerprint density at radius 2 is 1.70 bits per heavy atom. The van der Waals surface area contributed by atoms with Crippen LogP contribution in [-0.4, -0.2) is 31.2 Å². The third-order valence-electron chi connectivity index (χ3n) is 2.69. The summed E-state index contributed by atoms with van der Waals surface area (Å²) in [6.45, 7) is 0. The number of carbonyl (C=O) groups excluding carboxylic acids is 1. The quantitative estimate of drug-likeness (QED) is 0.721. The van der Waals surface area contributed by atoms with Crippen molar-refractivity contribution in [3.05, 3.63) is 24.3 Å². The molecule has 1 saturated carbocycles. The van der Waals surface area contributed by atoms with Gasteiger partial charge in [0.2, 0.25) is 15.9 Å². The Kier molecular flexibility index (Phi) is 3.93. The highest BCUT2D eigenvalue weighted by molar-refractivity contribution is 7.93. The highest BCUT2D eigenvalue weighted by Crippen LogP contribution is 2.30. The number of hydrogen-bond donors (Lipinski definition) is 3. The molecule has 0 aliphatic heterocycles. The van der Waals surface area contributed by atoms with Crippen LogP contribution in [0.5, 0.6) is 0 Å². The third-order valence-corrected chi connectivity index (χ3v) is 3.86. The lowest BCUT2D eigenvalue weighted by molar-refractivity contribution is -0.134. The van der Waals surface area contributed by atoms with E-state index in [0.29, 0.717) is 5.69 Å². The number of hydrogen-bond acceptors (Lipinski definition) is 4. The molecule has 0 saturated heterocycles. The van der Waals surface area contributed by atoms with Gasteiger partial charge in [-0.15, -0.1) is 0 Å². The van der Waals surface area contributed by atoms with Crippen molar-refractivity contribution < 1.29 is 23.1 Å². The normalized spacial score (nSPS) is 14.6. The average Bonchev–Trinajstić information content (AvgIpc) is 3.13. The zero-order chi connectivity index (χ0) is 14.8. The molecular formula is C12H14N2O5S. The molecule has 1 aromatic rings. The van der Waals surface area contributed by atoms with Gasteiger partial charge in [-0.2, -0.15) is 0 Å². The Morgan fingerprint density at radius 1 is 1.15 bits per heavy atom. The van der Waals surface area contributed by atoms with E-state index in [2.05, 4.69) is 10.0 Å². The molecule has 7 nitrogen and oxygen atoms in total. The van der Waals surface area contributed by atoms with Gasteiger partial charge in [0, 0.05) is 17.3 Å². The summed E-state index contributed by atoms with van der Waals surface area (Å²) in [4.78, 5) is 21.9. The number of carbonyl (C=O) groups is 2. The van der Waals surface area contributed by atoms with Crippen molar-refractivity contribution in [2.75, 3.05) is 15.8 Å². The predicted molar refractivity (Wildman–Crippen MR) is 72.8 cm³/mol. The van der Waals surface area contributed by atoms with Gasteiger partial charge in [0.1, 0.15) is 0 Å². The molecule has 0 aromatic heterocycles. The van der Waals surface area contributed by atoms with Crippen LogP contribution < -0.4 is 10.0 Å². The molecule has 0 heterocycles. The minimum Gasteiger partial charge on any atom is -0.480 e. The molecule has 1 aromatic carbocycles. The first-order valence-electron chi connectivity index (χ1n) is 5.99. The first-order valence-corrected chi connectivity index (χ1v) is 7.64. The first-order chi connectivity index (χ1) is 9.35. The van der Waals surface area contributed by atoms with Gasteiger partial charge in [0.25, 0.3) is 0 Å². The molecule has 0 spiro atoms. The lowest BCUT2D eigenvalue weighted by Crippen LogP contribution is -2.22. The molecule has 0 radical (unpaired) electrons. The maximum absolute atomic E-state index is 11.5.